The molecule has 15 nitrogen and oxygen atoms in total. The maximum absolute atomic E-state index is 13.7. The lowest BCUT2D eigenvalue weighted by Gasteiger charge is -2.40. The second-order valence-electron chi connectivity index (χ2n) is 10.6. The Hall–Kier alpha value is -4.20. The van der Waals surface area contributed by atoms with Crippen LogP contribution in [-0.2, 0) is 61.5 Å². The summed E-state index contributed by atoms with van der Waals surface area (Å²) in [6.45, 7) is -2.03. The van der Waals surface area contributed by atoms with E-state index >= 15 is 0 Å². The van der Waals surface area contributed by atoms with Crippen LogP contribution in [-0.4, -0.2) is 97.4 Å². The zero-order valence-electron chi connectivity index (χ0n) is 26.1. The molecule has 3 aromatic carbocycles. The Morgan fingerprint density at radius 2 is 0.667 bits per heavy atom. The molecule has 4 rings (SSSR count). The van der Waals surface area contributed by atoms with Gasteiger partial charge in [0.25, 0.3) is 0 Å². The summed E-state index contributed by atoms with van der Waals surface area (Å²) in [4.78, 5) is 35.4. The van der Waals surface area contributed by atoms with E-state index < -0.39 is 85.2 Å². The van der Waals surface area contributed by atoms with Gasteiger partial charge < -0.3 is 14.2 Å². The molecule has 0 unspecified atom stereocenters. The molecule has 0 aromatic heterocycles. The largest absolute Gasteiger partial charge is 0.465 e. The van der Waals surface area contributed by atoms with E-state index in [1.165, 1.54) is 94.1 Å². The standard InChI is InChI=1S/C30H33N3O12S3/c1-43-28(34)25-10-4-22(5-11-25)16-46(37,38)31-19-32(47(39,40)17-23-6-12-26(13-7-23)29(35)44-2)21-33(20-31)48(41,42)18-24-8-14-27(15-9-24)30(36)45-3/h4-15H,16-21H2,1-3H3. The highest BCUT2D eigenvalue weighted by molar-refractivity contribution is 7.90. The molecule has 258 valence electrons. The smallest absolute Gasteiger partial charge is 0.337 e. The third kappa shape index (κ3) is 8.82. The second kappa shape index (κ2) is 14.9. The van der Waals surface area contributed by atoms with E-state index in [0.29, 0.717) is 0 Å². The summed E-state index contributed by atoms with van der Waals surface area (Å²) in [6.07, 6.45) is 0. The first kappa shape index (κ1) is 36.6. The van der Waals surface area contributed by atoms with Crippen molar-refractivity contribution in [2.24, 2.45) is 0 Å². The summed E-state index contributed by atoms with van der Waals surface area (Å²) in [5.74, 6) is -3.74. The molecule has 0 amide bonds. The molecule has 0 N–H and O–H groups in total. The van der Waals surface area contributed by atoms with Gasteiger partial charge in [-0.2, -0.15) is 12.9 Å². The van der Waals surface area contributed by atoms with Crippen LogP contribution >= 0.6 is 0 Å². The van der Waals surface area contributed by atoms with E-state index in [0.717, 1.165) is 12.9 Å². The summed E-state index contributed by atoms with van der Waals surface area (Å²) in [5.41, 5.74) is 1.33. The first-order valence-electron chi connectivity index (χ1n) is 14.0. The van der Waals surface area contributed by atoms with Gasteiger partial charge >= 0.3 is 17.9 Å². The second-order valence-corrected chi connectivity index (χ2v) is 16.5. The number of sulfonamides is 3. The normalized spacial score (nSPS) is 15.1. The lowest BCUT2D eigenvalue weighted by atomic mass is 10.1. The van der Waals surface area contributed by atoms with E-state index in [2.05, 4.69) is 14.2 Å². The van der Waals surface area contributed by atoms with Crippen LogP contribution < -0.4 is 0 Å². The van der Waals surface area contributed by atoms with Crippen molar-refractivity contribution < 1.29 is 53.8 Å². The van der Waals surface area contributed by atoms with Gasteiger partial charge in [0.05, 0.1) is 75.3 Å². The molecule has 0 radical (unpaired) electrons. The summed E-state index contributed by atoms with van der Waals surface area (Å²) < 4.78 is 98.1. The Kier molecular flexibility index (Phi) is 11.4. The molecule has 0 aliphatic carbocycles. The number of ether oxygens (including phenoxy) is 3. The first-order chi connectivity index (χ1) is 22.6. The van der Waals surface area contributed by atoms with Gasteiger partial charge in [-0.15, -0.1) is 0 Å². The molecular weight excluding hydrogens is 691 g/mol. The van der Waals surface area contributed by atoms with Gasteiger partial charge in [-0.05, 0) is 53.1 Å². The molecule has 3 aromatic rings. The van der Waals surface area contributed by atoms with Crippen molar-refractivity contribution in [3.05, 3.63) is 106 Å². The molecule has 1 fully saturated rings. The Morgan fingerprint density at radius 1 is 0.458 bits per heavy atom. The highest BCUT2D eigenvalue weighted by Crippen LogP contribution is 2.24. The van der Waals surface area contributed by atoms with Gasteiger partial charge in [0.2, 0.25) is 30.1 Å². The van der Waals surface area contributed by atoms with E-state index in [-0.39, 0.29) is 33.4 Å². The molecule has 0 saturated carbocycles. The average Bonchev–Trinajstić information content (AvgIpc) is 3.07. The van der Waals surface area contributed by atoms with Crippen LogP contribution in [0, 0.1) is 0 Å². The fourth-order valence-electron chi connectivity index (χ4n) is 4.66. The van der Waals surface area contributed by atoms with Crippen molar-refractivity contribution in [1.82, 2.24) is 12.9 Å². The van der Waals surface area contributed by atoms with Gasteiger partial charge in [0, 0.05) is 0 Å². The number of hydrogen-bond donors (Lipinski definition) is 0. The zero-order valence-corrected chi connectivity index (χ0v) is 28.6. The van der Waals surface area contributed by atoms with E-state index in [4.69, 9.17) is 0 Å². The number of benzene rings is 3. The van der Waals surface area contributed by atoms with Gasteiger partial charge in [0.15, 0.2) is 0 Å². The number of hydrogen-bond acceptors (Lipinski definition) is 12. The van der Waals surface area contributed by atoms with Gasteiger partial charge in [-0.1, -0.05) is 36.4 Å². The maximum atomic E-state index is 13.7. The zero-order chi connectivity index (χ0) is 35.3. The monoisotopic (exact) mass is 723 g/mol. The van der Waals surface area contributed by atoms with Gasteiger partial charge in [0.1, 0.15) is 0 Å². The number of methoxy groups -OCH3 is 3. The van der Waals surface area contributed by atoms with Crippen molar-refractivity contribution in [3.8, 4) is 0 Å². The quantitative estimate of drug-likeness (QED) is 0.195. The van der Waals surface area contributed by atoms with Crippen molar-refractivity contribution >= 4 is 48.0 Å². The minimum Gasteiger partial charge on any atom is -0.465 e. The van der Waals surface area contributed by atoms with E-state index in [1.807, 2.05) is 0 Å². The molecule has 18 heteroatoms. The molecule has 1 aliphatic heterocycles. The highest BCUT2D eigenvalue weighted by Gasteiger charge is 2.41. The van der Waals surface area contributed by atoms with Crippen LogP contribution in [0.3, 0.4) is 0 Å². The van der Waals surface area contributed by atoms with Crippen molar-refractivity contribution in [3.63, 3.8) is 0 Å². The van der Waals surface area contributed by atoms with Gasteiger partial charge in [-0.3, -0.25) is 0 Å². The third-order valence-corrected chi connectivity index (χ3v) is 12.4. The molecule has 1 saturated heterocycles. The minimum atomic E-state index is -4.34. The summed E-state index contributed by atoms with van der Waals surface area (Å²) in [6, 6.07) is 16.6. The fraction of sp³-hybridized carbons (Fsp3) is 0.300. The molecule has 48 heavy (non-hydrogen) atoms. The first-order valence-corrected chi connectivity index (χ1v) is 18.9. The number of carbonyl (C=O) groups is 3. The van der Waals surface area contributed by atoms with Crippen LogP contribution in [0.5, 0.6) is 0 Å². The molecule has 1 aliphatic rings. The minimum absolute atomic E-state index is 0.186. The lowest BCUT2D eigenvalue weighted by molar-refractivity contribution is 0.0592. The number of carbonyl (C=O) groups excluding carboxylic acids is 3. The van der Waals surface area contributed by atoms with Crippen LogP contribution in [0.25, 0.3) is 0 Å². The van der Waals surface area contributed by atoms with Crippen molar-refractivity contribution in [2.45, 2.75) is 17.3 Å². The van der Waals surface area contributed by atoms with E-state index in [9.17, 15) is 39.6 Å². The van der Waals surface area contributed by atoms with Crippen LogP contribution in [0.2, 0.25) is 0 Å². The topological polar surface area (TPSA) is 191 Å². The molecule has 0 bridgehead atoms. The van der Waals surface area contributed by atoms with Crippen LogP contribution in [0.4, 0.5) is 0 Å². The maximum Gasteiger partial charge on any atom is 0.337 e. The SMILES string of the molecule is COC(=O)c1ccc(CS(=O)(=O)N2CN(S(=O)(=O)Cc3ccc(C(=O)OC)cc3)CN(S(=O)(=O)Cc3ccc(C(=O)OC)cc3)C2)cc1. The Balaban J connectivity index is 1.63. The van der Waals surface area contributed by atoms with Crippen LogP contribution in [0.15, 0.2) is 72.8 Å². The third-order valence-electron chi connectivity index (χ3n) is 7.30. The molecule has 1 heterocycles. The predicted octanol–water partition coefficient (Wildman–Crippen LogP) is 1.73. The summed E-state index contributed by atoms with van der Waals surface area (Å²) in [5, 5.41) is 0. The van der Waals surface area contributed by atoms with E-state index in [1.54, 1.807) is 0 Å². The molecule has 0 atom stereocenters. The fourth-order valence-corrected chi connectivity index (χ4v) is 9.16. The predicted molar refractivity (Wildman–Crippen MR) is 171 cm³/mol. The van der Waals surface area contributed by atoms with Crippen LogP contribution in [0.1, 0.15) is 47.8 Å². The van der Waals surface area contributed by atoms with Gasteiger partial charge in [-0.25, -0.2) is 39.6 Å². The number of nitrogens with zero attached hydrogens (tertiary/aromatic N) is 3. The molecule has 0 spiro atoms. The number of rotatable bonds is 12. The highest BCUT2D eigenvalue weighted by atomic mass is 32.2. The Morgan fingerprint density at radius 3 is 0.854 bits per heavy atom. The molecular formula is C30H33N3O12S3. The Bertz CT molecular complexity index is 1740. The Labute approximate surface area is 278 Å². The van der Waals surface area contributed by atoms with Crippen molar-refractivity contribution in [2.75, 3.05) is 41.3 Å². The summed E-state index contributed by atoms with van der Waals surface area (Å²) in [7, 11) is -9.42. The lowest BCUT2D eigenvalue weighted by Crippen LogP contribution is -2.59. The van der Waals surface area contributed by atoms with Crippen molar-refractivity contribution in [1.29, 1.82) is 0 Å². The average molecular weight is 724 g/mol. The summed E-state index contributed by atoms with van der Waals surface area (Å²) >= 11 is 0. The number of esters is 3.